The molecule has 2 aromatic rings. The molecule has 0 saturated heterocycles. The van der Waals surface area contributed by atoms with E-state index in [1.807, 2.05) is 12.1 Å². The topological polar surface area (TPSA) is 63.2 Å². The fraction of sp³-hybridized carbons (Fsp3) is 0.316. The van der Waals surface area contributed by atoms with Crippen LogP contribution in [0, 0.1) is 13.8 Å². The van der Waals surface area contributed by atoms with Crippen molar-refractivity contribution in [2.24, 2.45) is 0 Å². The molecule has 132 valence electrons. The number of amides is 1. The number of benzene rings is 2. The van der Waals surface area contributed by atoms with Gasteiger partial charge in [0.05, 0.1) is 5.25 Å². The molecule has 0 atom stereocenters. The molecular weight excluding hydrogens is 354 g/mol. The first kappa shape index (κ1) is 18.0. The summed E-state index contributed by atoms with van der Waals surface area (Å²) in [5, 5.41) is -0.405. The molecule has 1 amide bonds. The van der Waals surface area contributed by atoms with Crippen LogP contribution < -0.4 is 4.72 Å². The number of hydrogen-bond acceptors (Lipinski definition) is 4. The first-order chi connectivity index (χ1) is 11.9. The molecule has 0 unspecified atom stereocenters. The molecule has 0 spiro atoms. The predicted octanol–water partition coefficient (Wildman–Crippen LogP) is 3.82. The number of carbonyl (C=O) groups is 1. The Morgan fingerprint density at radius 2 is 1.76 bits per heavy atom. The zero-order chi connectivity index (χ0) is 18.0. The van der Waals surface area contributed by atoms with Gasteiger partial charge in [-0.2, -0.15) is 0 Å². The summed E-state index contributed by atoms with van der Waals surface area (Å²) in [5.74, 6) is 0.255. The van der Waals surface area contributed by atoms with Crippen molar-refractivity contribution in [3.8, 4) is 0 Å². The quantitative estimate of drug-likeness (QED) is 0.780. The van der Waals surface area contributed by atoms with E-state index in [9.17, 15) is 13.2 Å². The number of carbonyl (C=O) groups excluding carboxylic acids is 1. The zero-order valence-electron chi connectivity index (χ0n) is 14.3. The maximum atomic E-state index is 12.2. The first-order valence-electron chi connectivity index (χ1n) is 8.21. The van der Waals surface area contributed by atoms with Crippen molar-refractivity contribution in [2.75, 3.05) is 0 Å². The van der Waals surface area contributed by atoms with Crippen LogP contribution in [0.2, 0.25) is 0 Å². The van der Waals surface area contributed by atoms with E-state index in [2.05, 4.69) is 30.7 Å². The summed E-state index contributed by atoms with van der Waals surface area (Å²) in [6.45, 7) is 4.19. The molecule has 0 heterocycles. The number of nitrogens with one attached hydrogen (secondary N) is 1. The zero-order valence-corrected chi connectivity index (χ0v) is 15.9. The van der Waals surface area contributed by atoms with E-state index in [1.54, 1.807) is 30.0 Å². The van der Waals surface area contributed by atoms with E-state index < -0.39 is 21.2 Å². The molecule has 1 fully saturated rings. The Labute approximate surface area is 153 Å². The van der Waals surface area contributed by atoms with Crippen molar-refractivity contribution in [2.45, 2.75) is 42.6 Å². The second-order valence-electron chi connectivity index (χ2n) is 6.36. The van der Waals surface area contributed by atoms with Gasteiger partial charge in [-0.25, -0.2) is 13.1 Å². The van der Waals surface area contributed by atoms with Gasteiger partial charge in [0.25, 0.3) is 5.91 Å². The molecule has 3 rings (SSSR count). The second kappa shape index (κ2) is 7.22. The van der Waals surface area contributed by atoms with Crippen molar-refractivity contribution in [1.82, 2.24) is 4.72 Å². The van der Waals surface area contributed by atoms with E-state index >= 15 is 0 Å². The second-order valence-corrected chi connectivity index (χ2v) is 9.37. The Bertz CT molecular complexity index is 882. The fourth-order valence-electron chi connectivity index (χ4n) is 2.61. The van der Waals surface area contributed by atoms with Crippen LogP contribution >= 0.6 is 11.8 Å². The highest BCUT2D eigenvalue weighted by atomic mass is 32.2. The van der Waals surface area contributed by atoms with Crippen LogP contribution in [0.5, 0.6) is 0 Å². The highest BCUT2D eigenvalue weighted by Crippen LogP contribution is 2.29. The van der Waals surface area contributed by atoms with Gasteiger partial charge in [0, 0.05) is 16.2 Å². The lowest BCUT2D eigenvalue weighted by Crippen LogP contribution is -2.33. The van der Waals surface area contributed by atoms with Crippen LogP contribution in [-0.4, -0.2) is 19.6 Å². The monoisotopic (exact) mass is 375 g/mol. The van der Waals surface area contributed by atoms with Crippen LogP contribution in [0.15, 0.2) is 47.4 Å². The standard InChI is InChI=1S/C19H21NO3S2/c1-13-5-3-6-14(2)18(13)12-24-16-8-4-7-15(11-16)19(21)20-25(22,23)17-9-10-17/h3-8,11,17H,9-10,12H2,1-2H3,(H,20,21). The molecule has 1 aliphatic rings. The van der Waals surface area contributed by atoms with Gasteiger partial charge < -0.3 is 0 Å². The van der Waals surface area contributed by atoms with Gasteiger partial charge in [0.2, 0.25) is 10.0 Å². The summed E-state index contributed by atoms with van der Waals surface area (Å²) < 4.78 is 26.0. The third-order valence-corrected chi connectivity index (χ3v) is 7.16. The van der Waals surface area contributed by atoms with Crippen LogP contribution in [0.4, 0.5) is 0 Å². The minimum atomic E-state index is -3.52. The number of aryl methyl sites for hydroxylation is 2. The average molecular weight is 376 g/mol. The molecule has 25 heavy (non-hydrogen) atoms. The van der Waals surface area contributed by atoms with Gasteiger partial charge in [-0.1, -0.05) is 24.3 Å². The lowest BCUT2D eigenvalue weighted by Gasteiger charge is -2.10. The van der Waals surface area contributed by atoms with Crippen LogP contribution in [0.1, 0.15) is 39.9 Å². The van der Waals surface area contributed by atoms with Gasteiger partial charge >= 0.3 is 0 Å². The number of sulfonamides is 1. The summed E-state index contributed by atoms with van der Waals surface area (Å²) in [5.41, 5.74) is 4.16. The molecule has 0 aromatic heterocycles. The Kier molecular flexibility index (Phi) is 5.20. The van der Waals surface area contributed by atoms with Crippen molar-refractivity contribution in [3.05, 3.63) is 64.7 Å². The van der Waals surface area contributed by atoms with Crippen molar-refractivity contribution >= 4 is 27.7 Å². The van der Waals surface area contributed by atoms with Gasteiger partial charge in [-0.15, -0.1) is 11.8 Å². The average Bonchev–Trinajstić information content (AvgIpc) is 3.40. The molecule has 2 aromatic carbocycles. The van der Waals surface area contributed by atoms with Crippen molar-refractivity contribution in [1.29, 1.82) is 0 Å². The van der Waals surface area contributed by atoms with Crippen molar-refractivity contribution in [3.63, 3.8) is 0 Å². The molecular formula is C19H21NO3S2. The SMILES string of the molecule is Cc1cccc(C)c1CSc1cccc(C(=O)NS(=O)(=O)C2CC2)c1. The van der Waals surface area contributed by atoms with Crippen LogP contribution in [0.25, 0.3) is 0 Å². The Hall–Kier alpha value is -1.79. The van der Waals surface area contributed by atoms with E-state index in [4.69, 9.17) is 0 Å². The fourth-order valence-corrected chi connectivity index (χ4v) is 5.06. The summed E-state index contributed by atoms with van der Waals surface area (Å²) in [4.78, 5) is 13.2. The predicted molar refractivity (Wildman–Crippen MR) is 101 cm³/mol. The molecule has 0 bridgehead atoms. The van der Waals surface area contributed by atoms with Crippen molar-refractivity contribution < 1.29 is 13.2 Å². The molecule has 6 heteroatoms. The largest absolute Gasteiger partial charge is 0.268 e. The smallest absolute Gasteiger partial charge is 0.264 e. The van der Waals surface area contributed by atoms with Gasteiger partial charge in [-0.3, -0.25) is 4.79 Å². The molecule has 1 N–H and O–H groups in total. The Morgan fingerprint density at radius 1 is 1.12 bits per heavy atom. The Morgan fingerprint density at radius 3 is 2.40 bits per heavy atom. The molecule has 0 radical (unpaired) electrons. The molecule has 0 aliphatic heterocycles. The lowest BCUT2D eigenvalue weighted by molar-refractivity contribution is 0.0981. The third kappa shape index (κ3) is 4.44. The maximum absolute atomic E-state index is 12.2. The number of thioether (sulfide) groups is 1. The molecule has 4 nitrogen and oxygen atoms in total. The highest BCUT2D eigenvalue weighted by molar-refractivity contribution is 7.98. The number of rotatable bonds is 6. The molecule has 1 saturated carbocycles. The van der Waals surface area contributed by atoms with Crippen LogP contribution in [0.3, 0.4) is 0 Å². The lowest BCUT2D eigenvalue weighted by atomic mass is 10.1. The van der Waals surface area contributed by atoms with E-state index in [0.29, 0.717) is 18.4 Å². The first-order valence-corrected chi connectivity index (χ1v) is 10.7. The van der Waals surface area contributed by atoms with E-state index in [-0.39, 0.29) is 0 Å². The summed E-state index contributed by atoms with van der Waals surface area (Å²) in [7, 11) is -3.52. The summed E-state index contributed by atoms with van der Waals surface area (Å²) in [6, 6.07) is 13.3. The van der Waals surface area contributed by atoms with E-state index in [1.165, 1.54) is 16.7 Å². The van der Waals surface area contributed by atoms with Gasteiger partial charge in [-0.05, 0) is 61.6 Å². The summed E-state index contributed by atoms with van der Waals surface area (Å²) >= 11 is 1.64. The Balaban J connectivity index is 1.70. The molecule has 1 aliphatic carbocycles. The van der Waals surface area contributed by atoms with Crippen LogP contribution in [-0.2, 0) is 15.8 Å². The maximum Gasteiger partial charge on any atom is 0.264 e. The summed E-state index contributed by atoms with van der Waals surface area (Å²) in [6.07, 6.45) is 1.27. The normalized spacial score (nSPS) is 14.3. The van der Waals surface area contributed by atoms with Gasteiger partial charge in [0.15, 0.2) is 0 Å². The van der Waals surface area contributed by atoms with E-state index in [0.717, 1.165) is 10.6 Å². The third-order valence-electron chi connectivity index (χ3n) is 4.32. The minimum Gasteiger partial charge on any atom is -0.268 e. The highest BCUT2D eigenvalue weighted by Gasteiger charge is 2.36. The van der Waals surface area contributed by atoms with Gasteiger partial charge in [0.1, 0.15) is 0 Å². The number of hydrogen-bond donors (Lipinski definition) is 1. The minimum absolute atomic E-state index is 0.371.